The summed E-state index contributed by atoms with van der Waals surface area (Å²) in [5.74, 6) is -1.14. The van der Waals surface area contributed by atoms with Crippen molar-refractivity contribution in [1.29, 1.82) is 0 Å². The van der Waals surface area contributed by atoms with Gasteiger partial charge in [-0.25, -0.2) is 9.50 Å². The van der Waals surface area contributed by atoms with Crippen LogP contribution in [0.15, 0.2) is 35.1 Å². The fraction of sp³-hybridized carbons (Fsp3) is 0.350. The Hall–Kier alpha value is -3.74. The second-order valence-corrected chi connectivity index (χ2v) is 8.21. The Bertz CT molecular complexity index is 1350. The molecule has 4 aromatic heterocycles. The van der Waals surface area contributed by atoms with Gasteiger partial charge in [0.15, 0.2) is 0 Å². The summed E-state index contributed by atoms with van der Waals surface area (Å²) in [6.45, 7) is 3.08. The fourth-order valence-corrected chi connectivity index (χ4v) is 3.88. The normalized spacial score (nSPS) is 16.9. The van der Waals surface area contributed by atoms with Crippen LogP contribution in [0.4, 0.5) is 13.2 Å². The van der Waals surface area contributed by atoms with Gasteiger partial charge in [-0.3, -0.25) is 4.79 Å². The first-order valence-corrected chi connectivity index (χ1v) is 9.99. The lowest BCUT2D eigenvalue weighted by atomic mass is 9.99. The van der Waals surface area contributed by atoms with E-state index in [0.29, 0.717) is 12.1 Å². The number of aliphatic hydroxyl groups is 1. The molecular weight excluding hydrogens is 443 g/mol. The first kappa shape index (κ1) is 21.1. The number of fused-ring (bicyclic) bond motifs is 2. The van der Waals surface area contributed by atoms with E-state index >= 15 is 0 Å². The van der Waals surface area contributed by atoms with Crippen molar-refractivity contribution in [3.8, 4) is 0 Å². The Morgan fingerprint density at radius 2 is 2.09 bits per heavy atom. The number of halogens is 3. The molecule has 1 aliphatic rings. The number of alkyl halides is 3. The van der Waals surface area contributed by atoms with Gasteiger partial charge in [0.2, 0.25) is 5.89 Å². The van der Waals surface area contributed by atoms with Gasteiger partial charge in [0.05, 0.1) is 28.8 Å². The summed E-state index contributed by atoms with van der Waals surface area (Å²) in [6, 6.07) is 2.65. The largest absolute Gasteiger partial charge is 0.418 e. The van der Waals surface area contributed by atoms with Crippen molar-refractivity contribution in [3.05, 3.63) is 65.1 Å². The SMILES string of the molecule is CC(C)(O)c1nnc(C(=O)N2CCc3[nH]cnc3C2c2cc3c(C(F)(F)F)cccn3n2)o1. The maximum absolute atomic E-state index is 13.5. The van der Waals surface area contributed by atoms with Gasteiger partial charge in [-0.1, -0.05) is 0 Å². The van der Waals surface area contributed by atoms with Gasteiger partial charge >= 0.3 is 18.0 Å². The molecular formula is C20H18F3N7O3. The number of carbonyl (C=O) groups is 1. The topological polar surface area (TPSA) is 125 Å². The molecule has 1 unspecified atom stereocenters. The number of rotatable bonds is 3. The van der Waals surface area contributed by atoms with Crippen LogP contribution in [0.2, 0.25) is 0 Å². The highest BCUT2D eigenvalue weighted by atomic mass is 19.4. The minimum absolute atomic E-state index is 0.137. The highest BCUT2D eigenvalue weighted by Gasteiger charge is 2.40. The van der Waals surface area contributed by atoms with Gasteiger partial charge in [0.1, 0.15) is 11.6 Å². The number of hydrogen-bond donors (Lipinski definition) is 2. The van der Waals surface area contributed by atoms with Gasteiger partial charge in [0, 0.05) is 24.9 Å². The summed E-state index contributed by atoms with van der Waals surface area (Å²) >= 11 is 0. The van der Waals surface area contributed by atoms with Crippen molar-refractivity contribution in [1.82, 2.24) is 34.7 Å². The number of carbonyl (C=O) groups excluding carboxylic acids is 1. The van der Waals surface area contributed by atoms with Crippen LogP contribution in [0.25, 0.3) is 5.52 Å². The molecule has 0 saturated heterocycles. The highest BCUT2D eigenvalue weighted by molar-refractivity contribution is 5.90. The van der Waals surface area contributed by atoms with Crippen LogP contribution in [-0.2, 0) is 18.2 Å². The number of nitrogens with zero attached hydrogens (tertiary/aromatic N) is 6. The molecule has 33 heavy (non-hydrogen) atoms. The lowest BCUT2D eigenvalue weighted by Gasteiger charge is -2.32. The Morgan fingerprint density at radius 3 is 2.79 bits per heavy atom. The molecule has 1 atom stereocenters. The van der Waals surface area contributed by atoms with Gasteiger partial charge in [0.25, 0.3) is 0 Å². The van der Waals surface area contributed by atoms with Gasteiger partial charge in [-0.05, 0) is 32.0 Å². The average Bonchev–Trinajstić information content (AvgIpc) is 3.49. The minimum atomic E-state index is -4.57. The monoisotopic (exact) mass is 461 g/mol. The van der Waals surface area contributed by atoms with E-state index in [4.69, 9.17) is 4.42 Å². The second kappa shape index (κ2) is 7.13. The first-order valence-electron chi connectivity index (χ1n) is 9.99. The van der Waals surface area contributed by atoms with Crippen LogP contribution in [0.5, 0.6) is 0 Å². The van der Waals surface area contributed by atoms with Crippen LogP contribution in [-0.4, -0.2) is 52.2 Å². The van der Waals surface area contributed by atoms with Crippen LogP contribution < -0.4 is 0 Å². The Labute approximate surface area is 184 Å². The van der Waals surface area contributed by atoms with Crippen molar-refractivity contribution in [2.45, 2.75) is 38.1 Å². The zero-order valence-corrected chi connectivity index (χ0v) is 17.5. The molecule has 0 spiro atoms. The van der Waals surface area contributed by atoms with Crippen molar-refractivity contribution in [2.75, 3.05) is 6.54 Å². The molecule has 0 aromatic carbocycles. The average molecular weight is 461 g/mol. The number of hydrogen-bond acceptors (Lipinski definition) is 7. The van der Waals surface area contributed by atoms with Crippen molar-refractivity contribution < 1.29 is 27.5 Å². The maximum atomic E-state index is 13.5. The standard InChI is InChI=1S/C20H18F3N7O3/c1-19(2,32)18-27-26-16(33-18)17(31)29-7-5-11-14(25-9-24-11)15(29)12-8-13-10(20(21,22)23)4-3-6-30(13)28-12/h3-4,6,8-9,15,32H,5,7H2,1-2H3,(H,24,25). The Balaban J connectivity index is 1.61. The molecule has 172 valence electrons. The number of H-pyrrole nitrogens is 1. The van der Waals surface area contributed by atoms with Crippen LogP contribution in [0.1, 0.15) is 59.1 Å². The number of nitrogens with one attached hydrogen (secondary N) is 1. The lowest BCUT2D eigenvalue weighted by Crippen LogP contribution is -2.41. The van der Waals surface area contributed by atoms with E-state index < -0.39 is 29.3 Å². The predicted octanol–water partition coefficient (Wildman–Crippen LogP) is 2.47. The third-order valence-corrected chi connectivity index (χ3v) is 5.42. The Kier molecular flexibility index (Phi) is 4.57. The number of aromatic nitrogens is 6. The highest BCUT2D eigenvalue weighted by Crippen LogP contribution is 2.37. The van der Waals surface area contributed by atoms with E-state index in [0.717, 1.165) is 16.3 Å². The summed E-state index contributed by atoms with van der Waals surface area (Å²) < 4.78 is 47.0. The summed E-state index contributed by atoms with van der Waals surface area (Å²) in [4.78, 5) is 22.0. The first-order chi connectivity index (χ1) is 15.5. The molecule has 0 fully saturated rings. The molecule has 1 aliphatic heterocycles. The molecule has 0 aliphatic carbocycles. The summed E-state index contributed by atoms with van der Waals surface area (Å²) in [6.07, 6.45) is -1.27. The molecule has 4 aromatic rings. The van der Waals surface area contributed by atoms with Gasteiger partial charge < -0.3 is 19.4 Å². The number of aromatic amines is 1. The third-order valence-electron chi connectivity index (χ3n) is 5.42. The van der Waals surface area contributed by atoms with E-state index in [1.165, 1.54) is 43.4 Å². The smallest absolute Gasteiger partial charge is 0.414 e. The number of pyridine rings is 1. The number of imidazole rings is 1. The molecule has 1 amide bonds. The molecule has 5 rings (SSSR count). The van der Waals surface area contributed by atoms with Crippen molar-refractivity contribution in [2.24, 2.45) is 0 Å². The van der Waals surface area contributed by atoms with Crippen LogP contribution >= 0.6 is 0 Å². The van der Waals surface area contributed by atoms with Crippen molar-refractivity contribution in [3.63, 3.8) is 0 Å². The number of amides is 1. The summed E-state index contributed by atoms with van der Waals surface area (Å²) in [7, 11) is 0. The van der Waals surface area contributed by atoms with Gasteiger partial charge in [-0.2, -0.15) is 18.3 Å². The summed E-state index contributed by atoms with van der Waals surface area (Å²) in [5, 5.41) is 21.9. The van der Waals surface area contributed by atoms with E-state index in [9.17, 15) is 23.1 Å². The zero-order valence-electron chi connectivity index (χ0n) is 17.5. The minimum Gasteiger partial charge on any atom is -0.414 e. The maximum Gasteiger partial charge on any atom is 0.418 e. The van der Waals surface area contributed by atoms with E-state index in [-0.39, 0.29) is 29.5 Å². The molecule has 13 heteroatoms. The van der Waals surface area contributed by atoms with E-state index in [1.807, 2.05) is 0 Å². The quantitative estimate of drug-likeness (QED) is 0.480. The summed E-state index contributed by atoms with van der Waals surface area (Å²) in [5.41, 5.74) is -1.01. The Morgan fingerprint density at radius 1 is 1.30 bits per heavy atom. The van der Waals surface area contributed by atoms with Crippen molar-refractivity contribution >= 4 is 11.4 Å². The molecule has 10 nitrogen and oxygen atoms in total. The second-order valence-electron chi connectivity index (χ2n) is 8.21. The fourth-order valence-electron chi connectivity index (χ4n) is 3.88. The third kappa shape index (κ3) is 3.53. The van der Waals surface area contributed by atoms with E-state index in [1.54, 1.807) is 0 Å². The lowest BCUT2D eigenvalue weighted by molar-refractivity contribution is -0.136. The van der Waals surface area contributed by atoms with Crippen LogP contribution in [0, 0.1) is 0 Å². The molecule has 0 saturated carbocycles. The molecule has 2 N–H and O–H groups in total. The molecule has 0 bridgehead atoms. The molecule has 5 heterocycles. The molecule has 0 radical (unpaired) electrons. The van der Waals surface area contributed by atoms with Crippen LogP contribution in [0.3, 0.4) is 0 Å². The predicted molar refractivity (Wildman–Crippen MR) is 105 cm³/mol. The zero-order chi connectivity index (χ0) is 23.5. The van der Waals surface area contributed by atoms with E-state index in [2.05, 4.69) is 25.3 Å². The van der Waals surface area contributed by atoms with Gasteiger partial charge in [-0.15, -0.1) is 10.2 Å².